The lowest BCUT2D eigenvalue weighted by Gasteiger charge is -2.29. The molecular formula is C31H40F4N6O3. The number of benzene rings is 1. The van der Waals surface area contributed by atoms with E-state index in [1.54, 1.807) is 10.7 Å². The molecule has 3 fully saturated rings. The standard InChI is InChI=1S/C31H40F4N6O3/c1-17(2)41-24(10-11-37-41)29(43)39-27(26(19-6-7-19)20-8-9-20)30(44)38-23-15-25(40-12-4-5-13-40)21(14-22(23)32)18(3)28(42)36-16-31(33,34)35/h10-11,14-15,17-20,26-27H,4-9,12-13,16H2,1-3H3,(H,36,42)(H,38,44)(H,39,43). The van der Waals surface area contributed by atoms with Crippen molar-refractivity contribution < 1.29 is 31.9 Å². The third-order valence-electron chi connectivity index (χ3n) is 8.82. The number of halogens is 4. The number of alkyl halides is 3. The number of hydrogen-bond acceptors (Lipinski definition) is 5. The maximum atomic E-state index is 15.7. The summed E-state index contributed by atoms with van der Waals surface area (Å²) in [5.41, 5.74) is 0.937. The summed E-state index contributed by atoms with van der Waals surface area (Å²) in [5.74, 6) is -3.24. The molecule has 2 aliphatic carbocycles. The van der Waals surface area contributed by atoms with Gasteiger partial charge in [0.05, 0.1) is 11.6 Å². The van der Waals surface area contributed by atoms with Gasteiger partial charge in [-0.25, -0.2) is 4.39 Å². The Bertz CT molecular complexity index is 1370. The Morgan fingerprint density at radius 1 is 1.00 bits per heavy atom. The van der Waals surface area contributed by atoms with E-state index in [4.69, 9.17) is 0 Å². The fraction of sp³-hybridized carbons (Fsp3) is 0.613. The highest BCUT2D eigenvalue weighted by Crippen LogP contribution is 2.51. The molecule has 1 aliphatic heterocycles. The Labute approximate surface area is 254 Å². The zero-order valence-electron chi connectivity index (χ0n) is 25.2. The molecule has 2 saturated carbocycles. The first-order chi connectivity index (χ1) is 20.8. The third kappa shape index (κ3) is 7.35. The molecule has 5 rings (SSSR count). The summed E-state index contributed by atoms with van der Waals surface area (Å²) in [5, 5.41) is 11.8. The first-order valence-electron chi connectivity index (χ1n) is 15.4. The Hall–Kier alpha value is -3.64. The van der Waals surface area contributed by atoms with Gasteiger partial charge in [-0.3, -0.25) is 19.1 Å². The molecule has 9 nitrogen and oxygen atoms in total. The van der Waals surface area contributed by atoms with Crippen molar-refractivity contribution >= 4 is 29.1 Å². The summed E-state index contributed by atoms with van der Waals surface area (Å²) in [6.07, 6.45) is 2.51. The summed E-state index contributed by atoms with van der Waals surface area (Å²) >= 11 is 0. The van der Waals surface area contributed by atoms with E-state index in [9.17, 15) is 27.6 Å². The minimum atomic E-state index is -4.58. The normalized spacial score (nSPS) is 18.4. The number of rotatable bonds is 12. The molecule has 0 radical (unpaired) electrons. The number of amides is 3. The van der Waals surface area contributed by atoms with Gasteiger partial charge in [-0.05, 0) is 101 Å². The van der Waals surface area contributed by atoms with Crippen LogP contribution in [0.2, 0.25) is 0 Å². The lowest BCUT2D eigenvalue weighted by molar-refractivity contribution is -0.139. The second-order valence-electron chi connectivity index (χ2n) is 12.6. The number of carbonyl (C=O) groups excluding carboxylic acids is 3. The van der Waals surface area contributed by atoms with Gasteiger partial charge in [-0.15, -0.1) is 0 Å². The quantitative estimate of drug-likeness (QED) is 0.284. The monoisotopic (exact) mass is 620 g/mol. The predicted molar refractivity (Wildman–Crippen MR) is 157 cm³/mol. The molecule has 2 unspecified atom stereocenters. The fourth-order valence-electron chi connectivity index (χ4n) is 6.29. The second-order valence-corrected chi connectivity index (χ2v) is 12.6. The molecule has 1 aromatic carbocycles. The van der Waals surface area contributed by atoms with Crippen LogP contribution in [0.15, 0.2) is 24.4 Å². The van der Waals surface area contributed by atoms with Crippen molar-refractivity contribution in [1.29, 1.82) is 0 Å². The lowest BCUT2D eigenvalue weighted by Crippen LogP contribution is -2.50. The highest BCUT2D eigenvalue weighted by molar-refractivity contribution is 6.01. The van der Waals surface area contributed by atoms with Gasteiger partial charge in [-0.1, -0.05) is 0 Å². The van der Waals surface area contributed by atoms with E-state index in [0.29, 0.717) is 24.5 Å². The molecule has 13 heteroatoms. The number of hydrogen-bond donors (Lipinski definition) is 3. The molecule has 2 aromatic rings. The van der Waals surface area contributed by atoms with E-state index in [-0.39, 0.29) is 35.0 Å². The maximum absolute atomic E-state index is 15.7. The van der Waals surface area contributed by atoms with Crippen LogP contribution in [0, 0.1) is 23.6 Å². The van der Waals surface area contributed by atoms with Crippen LogP contribution in [0.4, 0.5) is 28.9 Å². The minimum absolute atomic E-state index is 0.0739. The van der Waals surface area contributed by atoms with Crippen LogP contribution in [0.5, 0.6) is 0 Å². The van der Waals surface area contributed by atoms with E-state index < -0.39 is 48.2 Å². The lowest BCUT2D eigenvalue weighted by atomic mass is 9.88. The van der Waals surface area contributed by atoms with Crippen molar-refractivity contribution in [2.75, 3.05) is 29.9 Å². The molecule has 44 heavy (non-hydrogen) atoms. The van der Waals surface area contributed by atoms with E-state index in [1.807, 2.05) is 24.1 Å². The van der Waals surface area contributed by atoms with Gasteiger partial charge < -0.3 is 20.9 Å². The zero-order chi connectivity index (χ0) is 31.8. The predicted octanol–water partition coefficient (Wildman–Crippen LogP) is 5.16. The Balaban J connectivity index is 1.42. The summed E-state index contributed by atoms with van der Waals surface area (Å²) in [6, 6.07) is 3.20. The van der Waals surface area contributed by atoms with Crippen molar-refractivity contribution in [3.05, 3.63) is 41.5 Å². The maximum Gasteiger partial charge on any atom is 0.405 e. The largest absolute Gasteiger partial charge is 0.405 e. The van der Waals surface area contributed by atoms with Gasteiger partial charge in [0, 0.05) is 31.0 Å². The van der Waals surface area contributed by atoms with Gasteiger partial charge in [-0.2, -0.15) is 18.3 Å². The van der Waals surface area contributed by atoms with E-state index in [0.717, 1.165) is 44.6 Å². The van der Waals surface area contributed by atoms with Crippen LogP contribution in [-0.2, 0) is 9.59 Å². The third-order valence-corrected chi connectivity index (χ3v) is 8.82. The number of nitrogens with zero attached hydrogens (tertiary/aromatic N) is 3. The summed E-state index contributed by atoms with van der Waals surface area (Å²) in [4.78, 5) is 42.0. The Morgan fingerprint density at radius 3 is 2.20 bits per heavy atom. The molecule has 0 bridgehead atoms. The van der Waals surface area contributed by atoms with Crippen LogP contribution in [0.1, 0.15) is 87.3 Å². The molecule has 3 amide bonds. The molecule has 2 atom stereocenters. The molecule has 1 aromatic heterocycles. The van der Waals surface area contributed by atoms with Crippen molar-refractivity contribution in [3.8, 4) is 0 Å². The van der Waals surface area contributed by atoms with Crippen LogP contribution in [-0.4, -0.2) is 59.4 Å². The molecule has 240 valence electrons. The highest BCUT2D eigenvalue weighted by Gasteiger charge is 2.48. The van der Waals surface area contributed by atoms with E-state index in [2.05, 4.69) is 15.7 Å². The zero-order valence-corrected chi connectivity index (χ0v) is 25.2. The van der Waals surface area contributed by atoms with Crippen molar-refractivity contribution in [2.24, 2.45) is 17.8 Å². The van der Waals surface area contributed by atoms with Gasteiger partial charge in [0.1, 0.15) is 24.1 Å². The topological polar surface area (TPSA) is 108 Å². The molecule has 2 heterocycles. The average molecular weight is 621 g/mol. The molecule has 3 N–H and O–H groups in total. The van der Waals surface area contributed by atoms with E-state index >= 15 is 4.39 Å². The second kappa shape index (κ2) is 12.8. The minimum Gasteiger partial charge on any atom is -0.371 e. The van der Waals surface area contributed by atoms with Crippen molar-refractivity contribution in [2.45, 2.75) is 83.5 Å². The number of carbonyl (C=O) groups is 3. The van der Waals surface area contributed by atoms with Crippen molar-refractivity contribution in [3.63, 3.8) is 0 Å². The Morgan fingerprint density at radius 2 is 1.64 bits per heavy atom. The van der Waals surface area contributed by atoms with E-state index in [1.165, 1.54) is 19.2 Å². The molecule has 0 spiro atoms. The molecular weight excluding hydrogens is 580 g/mol. The van der Waals surface area contributed by atoms with Gasteiger partial charge in [0.15, 0.2) is 0 Å². The molecule has 3 aliphatic rings. The van der Waals surface area contributed by atoms with Crippen molar-refractivity contribution in [1.82, 2.24) is 20.4 Å². The fourth-order valence-corrected chi connectivity index (χ4v) is 6.29. The van der Waals surface area contributed by atoms with Crippen LogP contribution >= 0.6 is 0 Å². The summed E-state index contributed by atoms with van der Waals surface area (Å²) in [6.45, 7) is 4.99. The highest BCUT2D eigenvalue weighted by atomic mass is 19.4. The van der Waals surface area contributed by atoms with Crippen LogP contribution in [0.3, 0.4) is 0 Å². The van der Waals surface area contributed by atoms with Crippen LogP contribution in [0.25, 0.3) is 0 Å². The number of anilines is 2. The van der Waals surface area contributed by atoms with Gasteiger partial charge in [0.2, 0.25) is 11.8 Å². The summed E-state index contributed by atoms with van der Waals surface area (Å²) in [7, 11) is 0. The first kappa shape index (κ1) is 31.8. The average Bonchev–Trinajstić information content (AvgIpc) is 3.87. The van der Waals surface area contributed by atoms with Gasteiger partial charge in [0.25, 0.3) is 5.91 Å². The number of nitrogens with one attached hydrogen (secondary N) is 3. The Kier molecular flexibility index (Phi) is 9.22. The summed E-state index contributed by atoms with van der Waals surface area (Å²) < 4.78 is 55.5. The van der Waals surface area contributed by atoms with Gasteiger partial charge >= 0.3 is 6.18 Å². The smallest absolute Gasteiger partial charge is 0.371 e. The van der Waals surface area contributed by atoms with Crippen LogP contribution < -0.4 is 20.9 Å². The number of aromatic nitrogens is 2. The molecule has 1 saturated heterocycles. The SMILES string of the molecule is CC(C(=O)NCC(F)(F)F)c1cc(F)c(NC(=O)C(NC(=O)c2ccnn2C(C)C)C(C2CC2)C2CC2)cc1N1CCCC1. The first-order valence-corrected chi connectivity index (χ1v) is 15.4.